The summed E-state index contributed by atoms with van der Waals surface area (Å²) >= 11 is 6.72. The van der Waals surface area contributed by atoms with Gasteiger partial charge in [0.05, 0.1) is 42.5 Å². The van der Waals surface area contributed by atoms with E-state index < -0.39 is 36.3 Å². The number of Topliss-reactive ketones (excluding diaryl/α,β-unsaturated/α-hetero) is 1. The fourth-order valence-corrected chi connectivity index (χ4v) is 6.77. The van der Waals surface area contributed by atoms with E-state index in [9.17, 15) is 27.6 Å². The molecular formula is C29H30ClF3N6O4. The summed E-state index contributed by atoms with van der Waals surface area (Å²) in [5.41, 5.74) is 0.832. The molecular weight excluding hydrogens is 589 g/mol. The number of nitrogens with zero attached hydrogens (tertiary/aromatic N) is 5. The second-order valence-corrected chi connectivity index (χ2v) is 11.6. The molecule has 6 rings (SSSR count). The molecule has 1 spiro atoms. The SMILES string of the molecule is O=C(CCC(F)(F)F)C(CN1CCOCC1)N1C(=O)C2(CCN(C(=O)c3cnc4[nH]ncc4c3)CC2)c2c(Cl)cccc21. The number of alkyl halides is 3. The number of ketones is 1. The van der Waals surface area contributed by atoms with Gasteiger partial charge in [-0.2, -0.15) is 18.3 Å². The molecule has 1 N–H and O–H groups in total. The summed E-state index contributed by atoms with van der Waals surface area (Å²) in [5.74, 6) is -1.27. The molecule has 43 heavy (non-hydrogen) atoms. The maximum absolute atomic E-state index is 14.5. The van der Waals surface area contributed by atoms with Crippen molar-refractivity contribution >= 4 is 45.9 Å². The van der Waals surface area contributed by atoms with E-state index in [1.54, 1.807) is 35.4 Å². The molecule has 228 valence electrons. The number of carbonyl (C=O) groups excluding carboxylic acids is 3. The fourth-order valence-electron chi connectivity index (χ4n) is 6.42. The zero-order valence-electron chi connectivity index (χ0n) is 23.2. The molecule has 2 amide bonds. The van der Waals surface area contributed by atoms with Crippen molar-refractivity contribution < 1.29 is 32.3 Å². The van der Waals surface area contributed by atoms with Gasteiger partial charge in [-0.05, 0) is 31.0 Å². The van der Waals surface area contributed by atoms with Crippen LogP contribution in [0.5, 0.6) is 0 Å². The zero-order chi connectivity index (χ0) is 30.4. The van der Waals surface area contributed by atoms with Crippen molar-refractivity contribution in [3.8, 4) is 0 Å². The zero-order valence-corrected chi connectivity index (χ0v) is 24.0. The van der Waals surface area contributed by atoms with Gasteiger partial charge < -0.3 is 9.64 Å². The number of amides is 2. The second-order valence-electron chi connectivity index (χ2n) is 11.2. The average molecular weight is 619 g/mol. The number of halogens is 4. The number of benzene rings is 1. The number of H-pyrrole nitrogens is 1. The van der Waals surface area contributed by atoms with Gasteiger partial charge in [-0.15, -0.1) is 0 Å². The molecule has 2 fully saturated rings. The Morgan fingerprint density at radius 2 is 1.86 bits per heavy atom. The van der Waals surface area contributed by atoms with Crippen molar-refractivity contribution in [2.24, 2.45) is 0 Å². The van der Waals surface area contributed by atoms with Crippen LogP contribution in [0.3, 0.4) is 0 Å². The number of nitrogens with one attached hydrogen (secondary N) is 1. The number of anilines is 1. The van der Waals surface area contributed by atoms with E-state index in [4.69, 9.17) is 16.3 Å². The molecule has 1 atom stereocenters. The molecule has 2 aromatic heterocycles. The molecule has 3 aliphatic rings. The summed E-state index contributed by atoms with van der Waals surface area (Å²) in [6, 6.07) is 5.61. The number of pyridine rings is 1. The van der Waals surface area contributed by atoms with Gasteiger partial charge in [0.2, 0.25) is 5.91 Å². The van der Waals surface area contributed by atoms with E-state index in [2.05, 4.69) is 15.2 Å². The summed E-state index contributed by atoms with van der Waals surface area (Å²) < 4.78 is 44.8. The van der Waals surface area contributed by atoms with Gasteiger partial charge in [0.1, 0.15) is 6.04 Å². The van der Waals surface area contributed by atoms with Crippen molar-refractivity contribution in [1.29, 1.82) is 0 Å². The number of likely N-dealkylation sites (tertiary alicyclic amines) is 1. The van der Waals surface area contributed by atoms with Crippen molar-refractivity contribution in [3.63, 3.8) is 0 Å². The Labute approximate surface area is 250 Å². The molecule has 3 aliphatic heterocycles. The third kappa shape index (κ3) is 5.61. The Balaban J connectivity index is 1.29. The minimum Gasteiger partial charge on any atom is -0.379 e. The van der Waals surface area contributed by atoms with Crippen molar-refractivity contribution in [2.45, 2.75) is 43.3 Å². The number of hydrogen-bond acceptors (Lipinski definition) is 7. The second kappa shape index (κ2) is 11.5. The first-order chi connectivity index (χ1) is 20.6. The molecule has 5 heterocycles. The summed E-state index contributed by atoms with van der Waals surface area (Å²) in [5, 5.41) is 7.73. The quantitative estimate of drug-likeness (QED) is 0.429. The van der Waals surface area contributed by atoms with Crippen LogP contribution in [-0.2, 0) is 19.7 Å². The van der Waals surface area contributed by atoms with E-state index in [1.807, 2.05) is 4.90 Å². The molecule has 0 bridgehead atoms. The number of aromatic amines is 1. The molecule has 10 nitrogen and oxygen atoms in total. The highest BCUT2D eigenvalue weighted by molar-refractivity contribution is 6.33. The Morgan fingerprint density at radius 3 is 2.58 bits per heavy atom. The summed E-state index contributed by atoms with van der Waals surface area (Å²) in [6.45, 7) is 2.41. The predicted molar refractivity (Wildman–Crippen MR) is 151 cm³/mol. The van der Waals surface area contributed by atoms with Gasteiger partial charge in [0, 0.05) is 61.3 Å². The summed E-state index contributed by atoms with van der Waals surface area (Å²) in [7, 11) is 0. The molecule has 2 saturated heterocycles. The van der Waals surface area contributed by atoms with Gasteiger partial charge in [-0.3, -0.25) is 29.3 Å². The van der Waals surface area contributed by atoms with Gasteiger partial charge in [0.15, 0.2) is 11.4 Å². The molecule has 3 aromatic rings. The average Bonchev–Trinajstić information content (AvgIpc) is 3.56. The molecule has 0 saturated carbocycles. The Bertz CT molecular complexity index is 1550. The Kier molecular flexibility index (Phi) is 7.90. The van der Waals surface area contributed by atoms with Crippen molar-refractivity contribution in [2.75, 3.05) is 50.8 Å². The van der Waals surface area contributed by atoms with E-state index in [-0.39, 0.29) is 44.3 Å². The highest BCUT2D eigenvalue weighted by Crippen LogP contribution is 2.52. The number of rotatable bonds is 7. The number of carbonyl (C=O) groups is 3. The third-order valence-corrected chi connectivity index (χ3v) is 8.99. The van der Waals surface area contributed by atoms with Crippen LogP contribution >= 0.6 is 11.6 Å². The van der Waals surface area contributed by atoms with Gasteiger partial charge >= 0.3 is 6.18 Å². The standard InChI is InChI=1S/C29H30ClF3N6O4/c30-20-2-1-3-21-24(20)28(6-8-38(9-7-28)26(41)19-14-18-16-35-36-25(18)34-15-19)27(42)39(21)22(17-37-10-12-43-13-11-37)23(40)4-5-29(31,32)33/h1-3,14-16,22H,4-13,17H2,(H,34,35,36). The summed E-state index contributed by atoms with van der Waals surface area (Å²) in [6.07, 6.45) is -2.96. The van der Waals surface area contributed by atoms with E-state index in [1.165, 1.54) is 11.1 Å². The lowest BCUT2D eigenvalue weighted by molar-refractivity contribution is -0.144. The number of ether oxygens (including phenoxy) is 1. The van der Waals surface area contributed by atoms with Crippen LogP contribution in [0.1, 0.15) is 41.6 Å². The van der Waals surface area contributed by atoms with Crippen LogP contribution in [0, 0.1) is 0 Å². The minimum atomic E-state index is -4.51. The van der Waals surface area contributed by atoms with Crippen molar-refractivity contribution in [1.82, 2.24) is 25.0 Å². The van der Waals surface area contributed by atoms with Crippen LogP contribution in [0.2, 0.25) is 5.02 Å². The molecule has 0 aliphatic carbocycles. The van der Waals surface area contributed by atoms with Crippen molar-refractivity contribution in [3.05, 3.63) is 52.8 Å². The van der Waals surface area contributed by atoms with Crippen LogP contribution in [0.25, 0.3) is 11.0 Å². The van der Waals surface area contributed by atoms with Gasteiger partial charge in [-0.1, -0.05) is 17.7 Å². The third-order valence-electron chi connectivity index (χ3n) is 8.67. The monoisotopic (exact) mass is 618 g/mol. The first-order valence-electron chi connectivity index (χ1n) is 14.2. The fraction of sp³-hybridized carbons (Fsp3) is 0.483. The predicted octanol–water partition coefficient (Wildman–Crippen LogP) is 3.74. The maximum Gasteiger partial charge on any atom is 0.389 e. The van der Waals surface area contributed by atoms with Crippen LogP contribution in [0.4, 0.5) is 18.9 Å². The molecule has 1 unspecified atom stereocenters. The highest BCUT2D eigenvalue weighted by Gasteiger charge is 2.56. The topological polar surface area (TPSA) is 112 Å². The molecule has 1 aromatic carbocycles. The number of fused-ring (bicyclic) bond motifs is 3. The van der Waals surface area contributed by atoms with E-state index in [0.717, 1.165) is 0 Å². The number of aromatic nitrogens is 3. The molecule has 0 radical (unpaired) electrons. The van der Waals surface area contributed by atoms with E-state index in [0.29, 0.717) is 59.2 Å². The van der Waals surface area contributed by atoms with E-state index >= 15 is 0 Å². The van der Waals surface area contributed by atoms with Crippen LogP contribution in [0.15, 0.2) is 36.7 Å². The Hall–Kier alpha value is -3.55. The molecule has 14 heteroatoms. The lowest BCUT2D eigenvalue weighted by atomic mass is 9.73. The lowest BCUT2D eigenvalue weighted by Gasteiger charge is -2.40. The smallest absolute Gasteiger partial charge is 0.379 e. The van der Waals surface area contributed by atoms with Gasteiger partial charge in [0.25, 0.3) is 5.91 Å². The number of piperidine rings is 1. The largest absolute Gasteiger partial charge is 0.389 e. The highest BCUT2D eigenvalue weighted by atomic mass is 35.5. The summed E-state index contributed by atoms with van der Waals surface area (Å²) in [4.78, 5) is 50.6. The number of hydrogen-bond donors (Lipinski definition) is 1. The Morgan fingerprint density at radius 1 is 1.12 bits per heavy atom. The minimum absolute atomic E-state index is 0.0852. The van der Waals surface area contributed by atoms with Crippen LogP contribution < -0.4 is 4.90 Å². The first-order valence-corrected chi connectivity index (χ1v) is 14.6. The maximum atomic E-state index is 14.5. The van der Waals surface area contributed by atoms with Crippen LogP contribution in [-0.4, -0.2) is 101 Å². The normalized spacial score (nSPS) is 19.7. The lowest BCUT2D eigenvalue weighted by Crippen LogP contribution is -2.56. The number of morpholine rings is 1. The van der Waals surface area contributed by atoms with Gasteiger partial charge in [-0.25, -0.2) is 4.98 Å². The first kappa shape index (κ1) is 29.5.